The average molecular weight is 485 g/mol. The van der Waals surface area contributed by atoms with E-state index < -0.39 is 0 Å². The molecule has 3 aromatic heterocycles. The fourth-order valence-corrected chi connectivity index (χ4v) is 7.47. The molecule has 2 aliphatic heterocycles. The van der Waals surface area contributed by atoms with Crippen molar-refractivity contribution in [2.45, 2.75) is 39.7 Å². The number of aryl methyl sites for hydroxylation is 2. The molecule has 2 fully saturated rings. The monoisotopic (exact) mass is 484 g/mol. The van der Waals surface area contributed by atoms with Gasteiger partial charge in [-0.3, -0.25) is 4.90 Å². The fourth-order valence-electron chi connectivity index (χ4n) is 5.22. The topological polar surface area (TPSA) is 57.6 Å². The van der Waals surface area contributed by atoms with Gasteiger partial charge in [0.2, 0.25) is 0 Å². The van der Waals surface area contributed by atoms with E-state index in [2.05, 4.69) is 33.9 Å². The van der Waals surface area contributed by atoms with E-state index in [1.165, 1.54) is 34.4 Å². The Balaban J connectivity index is 1.32. The van der Waals surface area contributed by atoms with Gasteiger partial charge < -0.3 is 14.5 Å². The summed E-state index contributed by atoms with van der Waals surface area (Å²) in [5.41, 5.74) is 2.64. The highest BCUT2D eigenvalue weighted by molar-refractivity contribution is 7.19. The summed E-state index contributed by atoms with van der Waals surface area (Å²) in [5.74, 6) is 2.90. The number of anilines is 2. The zero-order chi connectivity index (χ0) is 22.4. The maximum atomic E-state index is 5.54. The molecule has 0 unspecified atom stereocenters. The Morgan fingerprint density at radius 2 is 1.82 bits per heavy atom. The highest BCUT2D eigenvalue weighted by Gasteiger charge is 2.28. The van der Waals surface area contributed by atoms with Gasteiger partial charge in [0, 0.05) is 49.5 Å². The van der Waals surface area contributed by atoms with E-state index in [1.54, 1.807) is 16.2 Å². The largest absolute Gasteiger partial charge is 0.379 e. The van der Waals surface area contributed by atoms with E-state index in [-0.39, 0.29) is 0 Å². The predicted molar refractivity (Wildman–Crippen MR) is 136 cm³/mol. The van der Waals surface area contributed by atoms with Gasteiger partial charge in [0.15, 0.2) is 5.13 Å². The molecule has 0 radical (unpaired) electrons. The van der Waals surface area contributed by atoms with Crippen LogP contribution in [0, 0.1) is 12.8 Å². The van der Waals surface area contributed by atoms with Crippen LogP contribution >= 0.6 is 22.7 Å². The summed E-state index contributed by atoms with van der Waals surface area (Å²) < 4.78 is 5.54. The van der Waals surface area contributed by atoms with E-state index in [0.29, 0.717) is 0 Å². The molecule has 1 atom stereocenters. The van der Waals surface area contributed by atoms with Crippen molar-refractivity contribution in [2.24, 2.45) is 5.92 Å². The fraction of sp³-hybridized carbons (Fsp3) is 0.625. The quantitative estimate of drug-likeness (QED) is 0.559. The van der Waals surface area contributed by atoms with Crippen molar-refractivity contribution in [1.29, 1.82) is 0 Å². The SMILES string of the molecule is Cc1csc(N2CCN(c3nc(CN4CCOCC4)nc4sc5c(c34)CC[C@@H](C)C5)CC2)n1. The standard InChI is InChI=1S/C24H32N6OS2/c1-16-3-4-18-19(13-16)33-23-21(18)22(26-20(27-23)14-28-9-11-31-12-10-28)29-5-7-30(8-6-29)24-25-17(2)15-32-24/h15-16H,3-14H2,1-2H3/t16-/m1/s1. The molecule has 0 spiro atoms. The number of nitrogens with zero attached hydrogens (tertiary/aromatic N) is 6. The normalized spacial score (nSPS) is 22.2. The number of thiazole rings is 1. The van der Waals surface area contributed by atoms with Crippen LogP contribution in [0.4, 0.5) is 10.9 Å². The van der Waals surface area contributed by atoms with Crippen molar-refractivity contribution in [3.05, 3.63) is 27.3 Å². The molecule has 0 N–H and O–H groups in total. The molecule has 2 saturated heterocycles. The zero-order valence-corrected chi connectivity index (χ0v) is 21.2. The minimum Gasteiger partial charge on any atom is -0.379 e. The number of rotatable bonds is 4. The number of fused-ring (bicyclic) bond motifs is 3. The average Bonchev–Trinajstić information content (AvgIpc) is 3.42. The van der Waals surface area contributed by atoms with Crippen LogP contribution in [0.5, 0.6) is 0 Å². The first kappa shape index (κ1) is 21.7. The first-order valence-electron chi connectivity index (χ1n) is 12.2. The molecule has 6 rings (SSSR count). The number of piperazine rings is 1. The third-order valence-corrected chi connectivity index (χ3v) is 9.28. The molecule has 0 bridgehead atoms. The summed E-state index contributed by atoms with van der Waals surface area (Å²) in [5, 5.41) is 4.63. The Bertz CT molecular complexity index is 1130. The molecular formula is C24H32N6OS2. The number of hydrogen-bond acceptors (Lipinski definition) is 9. The summed E-state index contributed by atoms with van der Waals surface area (Å²) in [6.45, 7) is 12.7. The molecule has 1 aliphatic carbocycles. The molecule has 9 heteroatoms. The molecule has 0 aromatic carbocycles. The van der Waals surface area contributed by atoms with Crippen molar-refractivity contribution in [2.75, 3.05) is 62.3 Å². The maximum absolute atomic E-state index is 5.54. The molecular weight excluding hydrogens is 452 g/mol. The lowest BCUT2D eigenvalue weighted by Gasteiger charge is -2.36. The highest BCUT2D eigenvalue weighted by Crippen LogP contribution is 2.41. The summed E-state index contributed by atoms with van der Waals surface area (Å²) in [6, 6.07) is 0. The summed E-state index contributed by atoms with van der Waals surface area (Å²) in [6.07, 6.45) is 3.62. The van der Waals surface area contributed by atoms with Gasteiger partial charge in [-0.2, -0.15) is 0 Å². The van der Waals surface area contributed by atoms with Gasteiger partial charge in [-0.05, 0) is 37.7 Å². The van der Waals surface area contributed by atoms with E-state index in [1.807, 2.05) is 11.3 Å². The van der Waals surface area contributed by atoms with Gasteiger partial charge in [0.25, 0.3) is 0 Å². The second-order valence-electron chi connectivity index (χ2n) is 9.63. The van der Waals surface area contributed by atoms with Crippen LogP contribution in [0.3, 0.4) is 0 Å². The maximum Gasteiger partial charge on any atom is 0.185 e. The van der Waals surface area contributed by atoms with Gasteiger partial charge in [0.05, 0.1) is 30.8 Å². The van der Waals surface area contributed by atoms with Crippen molar-refractivity contribution in [3.8, 4) is 0 Å². The Morgan fingerprint density at radius 1 is 1.03 bits per heavy atom. The van der Waals surface area contributed by atoms with Crippen LogP contribution in [-0.2, 0) is 24.1 Å². The Kier molecular flexibility index (Phi) is 5.98. The van der Waals surface area contributed by atoms with Crippen LogP contribution in [-0.4, -0.2) is 72.3 Å². The lowest BCUT2D eigenvalue weighted by atomic mass is 9.89. The lowest BCUT2D eigenvalue weighted by molar-refractivity contribution is 0.0331. The summed E-state index contributed by atoms with van der Waals surface area (Å²) >= 11 is 3.67. The first-order chi connectivity index (χ1) is 16.1. The van der Waals surface area contributed by atoms with E-state index in [9.17, 15) is 0 Å². The van der Waals surface area contributed by atoms with E-state index in [0.717, 1.165) is 88.0 Å². The van der Waals surface area contributed by atoms with E-state index in [4.69, 9.17) is 19.7 Å². The van der Waals surface area contributed by atoms with Crippen molar-refractivity contribution >= 4 is 43.8 Å². The lowest BCUT2D eigenvalue weighted by Crippen LogP contribution is -2.47. The molecule has 7 nitrogen and oxygen atoms in total. The minimum atomic E-state index is 0.764. The number of morpholine rings is 1. The van der Waals surface area contributed by atoms with Crippen molar-refractivity contribution < 1.29 is 4.74 Å². The second kappa shape index (κ2) is 9.09. The van der Waals surface area contributed by atoms with Gasteiger partial charge in [-0.25, -0.2) is 15.0 Å². The second-order valence-corrected chi connectivity index (χ2v) is 11.5. The van der Waals surface area contributed by atoms with Gasteiger partial charge in [0.1, 0.15) is 16.5 Å². The number of ether oxygens (including phenoxy) is 1. The minimum absolute atomic E-state index is 0.764. The molecule has 0 saturated carbocycles. The van der Waals surface area contributed by atoms with Crippen LogP contribution in [0.2, 0.25) is 0 Å². The number of aromatic nitrogens is 3. The molecule has 3 aromatic rings. The predicted octanol–water partition coefficient (Wildman–Crippen LogP) is 3.74. The molecule has 3 aliphatic rings. The van der Waals surface area contributed by atoms with Gasteiger partial charge in [-0.15, -0.1) is 22.7 Å². The van der Waals surface area contributed by atoms with Crippen LogP contribution < -0.4 is 9.80 Å². The Morgan fingerprint density at radius 3 is 2.58 bits per heavy atom. The highest BCUT2D eigenvalue weighted by atomic mass is 32.1. The third-order valence-electron chi connectivity index (χ3n) is 7.11. The van der Waals surface area contributed by atoms with Gasteiger partial charge in [-0.1, -0.05) is 6.92 Å². The summed E-state index contributed by atoms with van der Waals surface area (Å²) in [7, 11) is 0. The molecule has 5 heterocycles. The van der Waals surface area contributed by atoms with Gasteiger partial charge >= 0.3 is 0 Å². The van der Waals surface area contributed by atoms with E-state index >= 15 is 0 Å². The molecule has 176 valence electrons. The zero-order valence-electron chi connectivity index (χ0n) is 19.5. The van der Waals surface area contributed by atoms with Crippen molar-refractivity contribution in [3.63, 3.8) is 0 Å². The van der Waals surface area contributed by atoms with Crippen LogP contribution in [0.1, 0.15) is 35.3 Å². The number of hydrogen-bond donors (Lipinski definition) is 0. The first-order valence-corrected chi connectivity index (χ1v) is 13.9. The van der Waals surface area contributed by atoms with Crippen LogP contribution in [0.25, 0.3) is 10.2 Å². The summed E-state index contributed by atoms with van der Waals surface area (Å²) in [4.78, 5) is 25.1. The molecule has 33 heavy (non-hydrogen) atoms. The van der Waals surface area contributed by atoms with Crippen LogP contribution in [0.15, 0.2) is 5.38 Å². The molecule has 0 amide bonds. The third kappa shape index (κ3) is 4.36. The Hall–Kier alpha value is -1.81. The Labute approximate surface area is 203 Å². The smallest absolute Gasteiger partial charge is 0.185 e. The van der Waals surface area contributed by atoms with Crippen molar-refractivity contribution in [1.82, 2.24) is 19.9 Å². The number of thiophene rings is 1.